The molecule has 0 unspecified atom stereocenters. The van der Waals surface area contributed by atoms with Gasteiger partial charge in [0.15, 0.2) is 0 Å². The summed E-state index contributed by atoms with van der Waals surface area (Å²) in [6, 6.07) is 2.41. The molecule has 178 valence electrons. The van der Waals surface area contributed by atoms with Crippen LogP contribution in [-0.4, -0.2) is 27.3 Å². The minimum atomic E-state index is -3.12. The lowest BCUT2D eigenvalue weighted by molar-refractivity contribution is -0.144. The van der Waals surface area contributed by atoms with Gasteiger partial charge in [-0.25, -0.2) is 9.67 Å². The van der Waals surface area contributed by atoms with Gasteiger partial charge in [0.25, 0.3) is 11.5 Å². The first-order valence-corrected chi connectivity index (χ1v) is 11.0. The molecule has 0 saturated carbocycles. The van der Waals surface area contributed by atoms with Crippen molar-refractivity contribution in [1.82, 2.24) is 14.8 Å². The zero-order valence-corrected chi connectivity index (χ0v) is 20.7. The van der Waals surface area contributed by atoms with E-state index in [9.17, 15) is 18.4 Å². The molecule has 2 aromatic heterocycles. The first-order valence-electron chi connectivity index (χ1n) is 11.0. The summed E-state index contributed by atoms with van der Waals surface area (Å²) in [7, 11) is 0. The van der Waals surface area contributed by atoms with Gasteiger partial charge in [-0.1, -0.05) is 61.8 Å². The highest BCUT2D eigenvalue weighted by Gasteiger charge is 2.27. The SMILES string of the molecule is CC.CC.CCC.CCOC(=O)Cn1nc(C(C)C)c2nc(C(C)(F)F)ccc2c1=O. The Hall–Kier alpha value is -2.38. The van der Waals surface area contributed by atoms with Crippen LogP contribution >= 0.6 is 0 Å². The van der Waals surface area contributed by atoms with Crippen LogP contribution in [0.5, 0.6) is 0 Å². The predicted molar refractivity (Wildman–Crippen MR) is 123 cm³/mol. The first kappa shape index (κ1) is 30.8. The molecule has 0 atom stereocenters. The lowest BCUT2D eigenvalue weighted by atomic mass is 10.1. The topological polar surface area (TPSA) is 74.1 Å². The van der Waals surface area contributed by atoms with E-state index in [2.05, 4.69) is 23.9 Å². The van der Waals surface area contributed by atoms with E-state index in [0.717, 1.165) is 17.7 Å². The van der Waals surface area contributed by atoms with Crippen LogP contribution < -0.4 is 5.56 Å². The number of hydrogen-bond donors (Lipinski definition) is 0. The Labute approximate surface area is 185 Å². The van der Waals surface area contributed by atoms with Crippen LogP contribution in [0.3, 0.4) is 0 Å². The molecule has 0 radical (unpaired) electrons. The number of carbonyl (C=O) groups is 1. The third kappa shape index (κ3) is 9.53. The number of rotatable bonds is 5. The second kappa shape index (κ2) is 15.4. The van der Waals surface area contributed by atoms with Gasteiger partial charge in [0.1, 0.15) is 12.2 Å². The second-order valence-corrected chi connectivity index (χ2v) is 6.50. The number of nitrogens with zero attached hydrogens (tertiary/aromatic N) is 3. The lowest BCUT2D eigenvalue weighted by Crippen LogP contribution is -2.29. The highest BCUT2D eigenvalue weighted by Crippen LogP contribution is 2.28. The Morgan fingerprint density at radius 2 is 1.65 bits per heavy atom. The van der Waals surface area contributed by atoms with Gasteiger partial charge in [0.2, 0.25) is 0 Å². The third-order valence-corrected chi connectivity index (χ3v) is 3.41. The molecule has 6 nitrogen and oxygen atoms in total. The molecular weight excluding hydrogens is 404 g/mol. The number of aromatic nitrogens is 3. The van der Waals surface area contributed by atoms with Crippen molar-refractivity contribution in [2.24, 2.45) is 0 Å². The Bertz CT molecular complexity index is 844. The molecule has 0 aliphatic rings. The maximum absolute atomic E-state index is 13.5. The largest absolute Gasteiger partial charge is 0.465 e. The van der Waals surface area contributed by atoms with E-state index in [1.165, 1.54) is 12.5 Å². The third-order valence-electron chi connectivity index (χ3n) is 3.41. The lowest BCUT2D eigenvalue weighted by Gasteiger charge is -2.15. The summed E-state index contributed by atoms with van der Waals surface area (Å²) in [5.74, 6) is -3.89. The van der Waals surface area contributed by atoms with E-state index in [4.69, 9.17) is 4.74 Å². The van der Waals surface area contributed by atoms with Gasteiger partial charge in [-0.3, -0.25) is 9.59 Å². The number of hydrogen-bond acceptors (Lipinski definition) is 5. The number of carbonyl (C=O) groups excluding carboxylic acids is 1. The highest BCUT2D eigenvalue weighted by atomic mass is 19.3. The van der Waals surface area contributed by atoms with E-state index in [0.29, 0.717) is 5.69 Å². The zero-order valence-electron chi connectivity index (χ0n) is 20.7. The summed E-state index contributed by atoms with van der Waals surface area (Å²) in [4.78, 5) is 28.0. The predicted octanol–water partition coefficient (Wildman–Crippen LogP) is 6.06. The van der Waals surface area contributed by atoms with Crippen molar-refractivity contribution in [2.75, 3.05) is 6.61 Å². The van der Waals surface area contributed by atoms with Crippen molar-refractivity contribution in [3.8, 4) is 0 Å². The minimum absolute atomic E-state index is 0.133. The summed E-state index contributed by atoms with van der Waals surface area (Å²) in [5, 5.41) is 4.29. The molecular formula is C23H39F2N3O3. The van der Waals surface area contributed by atoms with Crippen molar-refractivity contribution in [1.29, 1.82) is 0 Å². The van der Waals surface area contributed by atoms with Crippen LogP contribution in [0.4, 0.5) is 8.78 Å². The van der Waals surface area contributed by atoms with Gasteiger partial charge in [-0.05, 0) is 25.0 Å². The van der Waals surface area contributed by atoms with Gasteiger partial charge < -0.3 is 4.74 Å². The molecule has 0 aliphatic heterocycles. The van der Waals surface area contributed by atoms with Crippen molar-refractivity contribution in [2.45, 2.75) is 94.0 Å². The summed E-state index contributed by atoms with van der Waals surface area (Å²) < 4.78 is 32.9. The average Bonchev–Trinajstić information content (AvgIpc) is 2.72. The van der Waals surface area contributed by atoms with Crippen LogP contribution in [0.2, 0.25) is 0 Å². The molecule has 0 aromatic carbocycles. The molecule has 0 amide bonds. The Balaban J connectivity index is 0. The molecule has 31 heavy (non-hydrogen) atoms. The van der Waals surface area contributed by atoms with E-state index in [1.54, 1.807) is 20.8 Å². The van der Waals surface area contributed by atoms with E-state index >= 15 is 0 Å². The molecule has 0 fully saturated rings. The van der Waals surface area contributed by atoms with Gasteiger partial charge >= 0.3 is 5.97 Å². The number of pyridine rings is 1. The molecule has 2 heterocycles. The van der Waals surface area contributed by atoms with Crippen molar-refractivity contribution in [3.63, 3.8) is 0 Å². The van der Waals surface area contributed by atoms with Crippen LogP contribution in [0.15, 0.2) is 16.9 Å². The molecule has 0 aliphatic carbocycles. The summed E-state index contributed by atoms with van der Waals surface area (Å²) in [6.07, 6.45) is 1.25. The normalized spacial score (nSPS) is 10.2. The molecule has 2 aromatic rings. The molecule has 2 rings (SSSR count). The van der Waals surface area contributed by atoms with Crippen LogP contribution in [0.1, 0.15) is 93.0 Å². The smallest absolute Gasteiger partial charge is 0.327 e. The van der Waals surface area contributed by atoms with E-state index in [-0.39, 0.29) is 30.0 Å². The van der Waals surface area contributed by atoms with Crippen molar-refractivity contribution >= 4 is 16.9 Å². The van der Waals surface area contributed by atoms with Crippen molar-refractivity contribution < 1.29 is 18.3 Å². The molecule has 0 saturated heterocycles. The Morgan fingerprint density at radius 3 is 2.06 bits per heavy atom. The summed E-state index contributed by atoms with van der Waals surface area (Å²) in [5.41, 5.74) is -0.490. The van der Waals surface area contributed by atoms with Crippen LogP contribution in [0, 0.1) is 0 Å². The second-order valence-electron chi connectivity index (χ2n) is 6.50. The van der Waals surface area contributed by atoms with E-state index in [1.807, 2.05) is 27.7 Å². The maximum Gasteiger partial charge on any atom is 0.327 e. The van der Waals surface area contributed by atoms with Gasteiger partial charge in [0, 0.05) is 6.92 Å². The maximum atomic E-state index is 13.5. The highest BCUT2D eigenvalue weighted by molar-refractivity contribution is 5.80. The minimum Gasteiger partial charge on any atom is -0.465 e. The fourth-order valence-electron chi connectivity index (χ4n) is 2.26. The number of alkyl halides is 2. The fraction of sp³-hybridized carbons (Fsp3) is 0.652. The fourth-order valence-corrected chi connectivity index (χ4v) is 2.26. The summed E-state index contributed by atoms with van der Waals surface area (Å²) in [6.45, 7) is 18.1. The standard InChI is InChI=1S/C16H19F2N3O3.C3H8.2C2H6/c1-5-24-12(22)8-21-15(23)10-6-7-11(16(4,17)18)19-14(10)13(20-21)9(2)3;1-3-2;2*1-2/h6-7,9H,5,8H2,1-4H3;3H2,1-2H3;2*1-2H3. The average molecular weight is 444 g/mol. The van der Waals surface area contributed by atoms with Crippen molar-refractivity contribution in [3.05, 3.63) is 33.9 Å². The molecule has 0 bridgehead atoms. The Morgan fingerprint density at radius 1 is 1.13 bits per heavy atom. The van der Waals surface area contributed by atoms with Crippen LogP contribution in [0.25, 0.3) is 10.9 Å². The molecule has 0 spiro atoms. The van der Waals surface area contributed by atoms with Gasteiger partial charge in [0.05, 0.1) is 23.2 Å². The van der Waals surface area contributed by atoms with Gasteiger partial charge in [-0.15, -0.1) is 0 Å². The quantitative estimate of drug-likeness (QED) is 0.525. The summed E-state index contributed by atoms with van der Waals surface area (Å²) >= 11 is 0. The number of esters is 1. The van der Waals surface area contributed by atoms with Gasteiger partial charge in [-0.2, -0.15) is 13.9 Å². The zero-order chi connectivity index (χ0) is 24.8. The van der Waals surface area contributed by atoms with E-state index < -0.39 is 23.1 Å². The van der Waals surface area contributed by atoms with Crippen LogP contribution in [-0.2, 0) is 22.0 Å². The molecule has 8 heteroatoms. The number of ether oxygens (including phenoxy) is 1. The molecule has 0 N–H and O–H groups in total. The number of halogens is 2. The number of fused-ring (bicyclic) bond motifs is 1. The Kier molecular flexibility index (Phi) is 15.3. The monoisotopic (exact) mass is 443 g/mol. The first-order chi connectivity index (χ1) is 14.6.